The number of aliphatic hydroxyl groups is 1. The first-order chi connectivity index (χ1) is 11.7. The molecule has 3 rings (SSSR count). The van der Waals surface area contributed by atoms with Gasteiger partial charge in [0.05, 0.1) is 11.4 Å². The molecule has 0 unspecified atom stereocenters. The lowest BCUT2D eigenvalue weighted by Crippen LogP contribution is -2.20. The highest BCUT2D eigenvalue weighted by Crippen LogP contribution is 2.28. The molecule has 0 amide bonds. The number of hydrogen-bond acceptors (Lipinski definition) is 3. The van der Waals surface area contributed by atoms with Crippen LogP contribution in [0.3, 0.4) is 0 Å². The highest BCUT2D eigenvalue weighted by molar-refractivity contribution is 6.54. The molecule has 0 saturated heterocycles. The van der Waals surface area contributed by atoms with Crippen molar-refractivity contribution >= 4 is 11.4 Å². The molecule has 1 heterocycles. The quantitative estimate of drug-likeness (QED) is 0.745. The van der Waals surface area contributed by atoms with Gasteiger partial charge in [0, 0.05) is 17.5 Å². The first kappa shape index (κ1) is 16.6. The average Bonchev–Trinajstić information content (AvgIpc) is 2.99. The average molecular weight is 320 g/mol. The van der Waals surface area contributed by atoms with Crippen LogP contribution in [-0.2, 0) is 0 Å². The van der Waals surface area contributed by atoms with Crippen molar-refractivity contribution in [3.63, 3.8) is 0 Å². The van der Waals surface area contributed by atoms with E-state index in [4.69, 9.17) is 0 Å². The molecule has 3 nitrogen and oxygen atoms in total. The second kappa shape index (κ2) is 7.54. The Morgan fingerprint density at radius 3 is 1.71 bits per heavy atom. The van der Waals surface area contributed by atoms with Gasteiger partial charge in [0.25, 0.3) is 5.85 Å². The fraction of sp³-hybridized carbons (Fsp3) is 0.333. The molecule has 1 aliphatic heterocycles. The van der Waals surface area contributed by atoms with Crippen LogP contribution in [0.15, 0.2) is 70.6 Å². The third-order valence-corrected chi connectivity index (χ3v) is 4.27. The molecule has 124 valence electrons. The Morgan fingerprint density at radius 1 is 0.750 bits per heavy atom. The zero-order valence-electron chi connectivity index (χ0n) is 14.2. The van der Waals surface area contributed by atoms with Crippen LogP contribution < -0.4 is 0 Å². The summed E-state index contributed by atoms with van der Waals surface area (Å²) < 4.78 is 0. The fourth-order valence-corrected chi connectivity index (χ4v) is 2.98. The van der Waals surface area contributed by atoms with Crippen LogP contribution in [0, 0.1) is 0 Å². The monoisotopic (exact) mass is 320 g/mol. The summed E-state index contributed by atoms with van der Waals surface area (Å²) in [4.78, 5) is 9.23. The second-order valence-electron chi connectivity index (χ2n) is 6.24. The third kappa shape index (κ3) is 3.80. The second-order valence-corrected chi connectivity index (χ2v) is 6.24. The van der Waals surface area contributed by atoms with Gasteiger partial charge in [-0.15, -0.1) is 0 Å². The molecule has 0 aromatic heterocycles. The van der Waals surface area contributed by atoms with Gasteiger partial charge in [-0.25, -0.2) is 9.98 Å². The number of benzene rings is 2. The molecule has 0 saturated carbocycles. The minimum Gasteiger partial charge on any atom is -0.351 e. The largest absolute Gasteiger partial charge is 0.351 e. The number of hydrogen-bond donors (Lipinski definition) is 1. The molecule has 24 heavy (non-hydrogen) atoms. The van der Waals surface area contributed by atoms with Crippen molar-refractivity contribution in [1.29, 1.82) is 0 Å². The maximum Gasteiger partial charge on any atom is 0.255 e. The van der Waals surface area contributed by atoms with Crippen LogP contribution in [0.1, 0.15) is 50.2 Å². The molecule has 1 aliphatic rings. The number of nitrogens with zero attached hydrogens (tertiary/aromatic N) is 2. The summed E-state index contributed by atoms with van der Waals surface area (Å²) in [6.45, 7) is 2.18. The van der Waals surface area contributed by atoms with Gasteiger partial charge in [0.2, 0.25) is 0 Å². The summed E-state index contributed by atoms with van der Waals surface area (Å²) in [7, 11) is 0. The van der Waals surface area contributed by atoms with Crippen molar-refractivity contribution < 1.29 is 5.11 Å². The van der Waals surface area contributed by atoms with E-state index in [1.165, 1.54) is 12.8 Å². The Hall–Kier alpha value is -2.26. The highest BCUT2D eigenvalue weighted by Gasteiger charge is 2.34. The standard InChI is InChI=1S/C21H24N2O/c1-2-3-4-11-16-21(24)22-19(17-12-7-5-8-13-17)20(23-21)18-14-9-6-10-15-18/h5-10,12-15,24H,2-4,11,16H2,1H3. The molecule has 2 aromatic rings. The van der Waals surface area contributed by atoms with Crippen molar-refractivity contribution in [2.45, 2.75) is 44.9 Å². The minimum absolute atomic E-state index is 0.569. The van der Waals surface area contributed by atoms with Gasteiger partial charge in [-0.2, -0.15) is 0 Å². The smallest absolute Gasteiger partial charge is 0.255 e. The van der Waals surface area contributed by atoms with Crippen LogP contribution in [-0.4, -0.2) is 22.4 Å². The molecular weight excluding hydrogens is 296 g/mol. The van der Waals surface area contributed by atoms with E-state index in [0.29, 0.717) is 6.42 Å². The molecule has 0 aliphatic carbocycles. The van der Waals surface area contributed by atoms with Gasteiger partial charge >= 0.3 is 0 Å². The fourth-order valence-electron chi connectivity index (χ4n) is 2.98. The van der Waals surface area contributed by atoms with Gasteiger partial charge in [-0.3, -0.25) is 0 Å². The Bertz CT molecular complexity index is 665. The lowest BCUT2D eigenvalue weighted by atomic mass is 10.0. The Labute approximate surface area is 143 Å². The minimum atomic E-state index is -1.33. The molecule has 0 spiro atoms. The van der Waals surface area contributed by atoms with Crippen molar-refractivity contribution in [3.05, 3.63) is 71.8 Å². The summed E-state index contributed by atoms with van der Waals surface area (Å²) >= 11 is 0. The van der Waals surface area contributed by atoms with Gasteiger partial charge in [0.15, 0.2) is 0 Å². The molecule has 0 fully saturated rings. The molecule has 1 N–H and O–H groups in total. The third-order valence-electron chi connectivity index (χ3n) is 4.27. The lowest BCUT2D eigenvalue weighted by molar-refractivity contribution is 0.0509. The van der Waals surface area contributed by atoms with Crippen molar-refractivity contribution in [2.75, 3.05) is 0 Å². The zero-order chi connectivity index (χ0) is 16.8. The van der Waals surface area contributed by atoms with E-state index in [9.17, 15) is 5.11 Å². The number of rotatable bonds is 7. The van der Waals surface area contributed by atoms with E-state index < -0.39 is 5.85 Å². The number of aliphatic imine (C=N–C) groups is 2. The summed E-state index contributed by atoms with van der Waals surface area (Å²) in [5.74, 6) is -1.33. The first-order valence-corrected chi connectivity index (χ1v) is 8.75. The van der Waals surface area contributed by atoms with Gasteiger partial charge in [-0.1, -0.05) is 86.8 Å². The number of unbranched alkanes of at least 4 members (excludes halogenated alkanes) is 3. The SMILES string of the molecule is CCCCCCC1(O)N=C(c2ccccc2)C(c2ccccc2)=N1. The zero-order valence-corrected chi connectivity index (χ0v) is 14.2. The predicted octanol–water partition coefficient (Wildman–Crippen LogP) is 4.60. The summed E-state index contributed by atoms with van der Waals surface area (Å²) in [5.41, 5.74) is 3.54. The summed E-state index contributed by atoms with van der Waals surface area (Å²) in [6, 6.07) is 20.0. The molecular formula is C21H24N2O. The molecule has 0 radical (unpaired) electrons. The topological polar surface area (TPSA) is 45.0 Å². The van der Waals surface area contributed by atoms with Crippen LogP contribution in [0.5, 0.6) is 0 Å². The Morgan fingerprint density at radius 2 is 1.25 bits per heavy atom. The van der Waals surface area contributed by atoms with E-state index in [0.717, 1.165) is 35.4 Å². The maximum atomic E-state index is 10.9. The van der Waals surface area contributed by atoms with Gasteiger partial charge < -0.3 is 5.11 Å². The van der Waals surface area contributed by atoms with Crippen LogP contribution >= 0.6 is 0 Å². The molecule has 0 atom stereocenters. The van der Waals surface area contributed by atoms with Crippen LogP contribution in [0.25, 0.3) is 0 Å². The van der Waals surface area contributed by atoms with E-state index in [1.54, 1.807) is 0 Å². The van der Waals surface area contributed by atoms with Gasteiger partial charge in [-0.05, 0) is 6.42 Å². The molecule has 2 aromatic carbocycles. The Kier molecular flexibility index (Phi) is 5.21. The van der Waals surface area contributed by atoms with Crippen molar-refractivity contribution in [3.8, 4) is 0 Å². The lowest BCUT2D eigenvalue weighted by Gasteiger charge is -2.15. The highest BCUT2D eigenvalue weighted by atomic mass is 16.3. The predicted molar refractivity (Wildman–Crippen MR) is 99.7 cm³/mol. The molecule has 3 heteroatoms. The molecule has 0 bridgehead atoms. The van der Waals surface area contributed by atoms with Crippen molar-refractivity contribution in [1.82, 2.24) is 0 Å². The van der Waals surface area contributed by atoms with E-state index in [-0.39, 0.29) is 0 Å². The van der Waals surface area contributed by atoms with Gasteiger partial charge in [0.1, 0.15) is 0 Å². The first-order valence-electron chi connectivity index (χ1n) is 8.75. The van der Waals surface area contributed by atoms with E-state index in [2.05, 4.69) is 16.9 Å². The maximum absolute atomic E-state index is 10.9. The van der Waals surface area contributed by atoms with E-state index >= 15 is 0 Å². The van der Waals surface area contributed by atoms with Crippen LogP contribution in [0.2, 0.25) is 0 Å². The summed E-state index contributed by atoms with van der Waals surface area (Å²) in [5, 5.41) is 10.9. The van der Waals surface area contributed by atoms with Crippen molar-refractivity contribution in [2.24, 2.45) is 9.98 Å². The summed E-state index contributed by atoms with van der Waals surface area (Å²) in [6.07, 6.45) is 4.96. The van der Waals surface area contributed by atoms with Crippen LogP contribution in [0.4, 0.5) is 0 Å². The Balaban J connectivity index is 1.91. The van der Waals surface area contributed by atoms with E-state index in [1.807, 2.05) is 60.7 Å². The normalized spacial score (nSPS) is 15.9.